The second kappa shape index (κ2) is 2.83. The van der Waals surface area contributed by atoms with Gasteiger partial charge in [0, 0.05) is 6.92 Å². The first-order valence-corrected chi connectivity index (χ1v) is 2.88. The molecule has 0 N–H and O–H groups in total. The Balaban J connectivity index is 3.58. The maximum absolute atomic E-state index is 10.1. The van der Waals surface area contributed by atoms with Gasteiger partial charge in [0.25, 0.3) is 0 Å². The fourth-order valence-electron chi connectivity index (χ4n) is 0.129. The molecule has 3 nitrogen and oxygen atoms in total. The second-order valence-corrected chi connectivity index (χ2v) is 2.47. The number of rotatable bonds is 2. The van der Waals surface area contributed by atoms with E-state index < -0.39 is 13.6 Å². The summed E-state index contributed by atoms with van der Waals surface area (Å²) in [5.41, 5.74) is -0.419. The van der Waals surface area contributed by atoms with Gasteiger partial charge in [-0.3, -0.25) is 0 Å². The fourth-order valence-corrected chi connectivity index (χ4v) is 0.386. The van der Waals surface area contributed by atoms with Crippen LogP contribution in [-0.2, 0) is 13.9 Å². The zero-order valence-electron chi connectivity index (χ0n) is 4.17. The van der Waals surface area contributed by atoms with Crippen LogP contribution in [0.15, 0.2) is 0 Å². The molecule has 0 aromatic rings. The summed E-state index contributed by atoms with van der Waals surface area (Å²) in [7, 11) is -0.790. The van der Waals surface area contributed by atoms with Crippen molar-refractivity contribution >= 4 is 13.6 Å². The molecular formula is C3H6O3P+. The van der Waals surface area contributed by atoms with E-state index in [0.717, 1.165) is 0 Å². The second-order valence-electron chi connectivity index (χ2n) is 0.959. The van der Waals surface area contributed by atoms with E-state index in [0.29, 0.717) is 0 Å². The van der Waals surface area contributed by atoms with Crippen LogP contribution in [0.3, 0.4) is 0 Å². The first kappa shape index (κ1) is 6.73. The summed E-state index contributed by atoms with van der Waals surface area (Å²) < 4.78 is 14.3. The molecule has 0 aliphatic heterocycles. The molecule has 0 saturated carbocycles. The highest BCUT2D eigenvalue weighted by atomic mass is 31.1. The molecule has 0 heterocycles. The summed E-state index contributed by atoms with van der Waals surface area (Å²) in [6.45, 7) is 1.22. The van der Waals surface area contributed by atoms with Crippen LogP contribution in [0.1, 0.15) is 6.92 Å². The van der Waals surface area contributed by atoms with E-state index in [1.54, 1.807) is 0 Å². The molecule has 0 saturated heterocycles. The molecule has 0 bridgehead atoms. The zero-order chi connectivity index (χ0) is 5.86. The normalized spacial score (nSPS) is 10.9. The zero-order valence-corrected chi connectivity index (χ0v) is 5.07. The minimum atomic E-state index is -2.03. The Morgan fingerprint density at radius 1 is 1.71 bits per heavy atom. The summed E-state index contributed by atoms with van der Waals surface area (Å²) in [6, 6.07) is 0. The molecule has 0 amide bonds. The molecule has 0 aromatic heterocycles. The van der Waals surface area contributed by atoms with E-state index in [9.17, 15) is 9.36 Å². The average Bonchev–Trinajstić information content (AvgIpc) is 1.65. The summed E-state index contributed by atoms with van der Waals surface area (Å²) >= 11 is 0. The molecule has 7 heavy (non-hydrogen) atoms. The Hall–Kier alpha value is -0.270. The van der Waals surface area contributed by atoms with Crippen LogP contribution in [0, 0.1) is 0 Å². The highest BCUT2D eigenvalue weighted by molar-refractivity contribution is 7.58. The van der Waals surface area contributed by atoms with Crippen LogP contribution in [-0.4, -0.2) is 12.6 Å². The van der Waals surface area contributed by atoms with Gasteiger partial charge in [0.05, 0.1) is 7.11 Å². The number of carbonyl (C=O) groups is 1. The number of carbonyl (C=O) groups excluding carboxylic acids is 1. The lowest BCUT2D eigenvalue weighted by Crippen LogP contribution is -1.79. The molecule has 40 valence electrons. The average molecular weight is 121 g/mol. The van der Waals surface area contributed by atoms with Gasteiger partial charge in [0.15, 0.2) is 0 Å². The van der Waals surface area contributed by atoms with Gasteiger partial charge >= 0.3 is 13.6 Å². The van der Waals surface area contributed by atoms with Crippen LogP contribution < -0.4 is 0 Å². The number of hydrogen-bond donors (Lipinski definition) is 0. The molecule has 0 aromatic carbocycles. The Morgan fingerprint density at radius 3 is 2.14 bits per heavy atom. The Labute approximate surface area is 42.5 Å². The van der Waals surface area contributed by atoms with Crippen molar-refractivity contribution in [3.63, 3.8) is 0 Å². The van der Waals surface area contributed by atoms with E-state index in [4.69, 9.17) is 0 Å². The van der Waals surface area contributed by atoms with Gasteiger partial charge in [0.2, 0.25) is 0 Å². The van der Waals surface area contributed by atoms with Gasteiger partial charge in [-0.15, -0.1) is 4.52 Å². The van der Waals surface area contributed by atoms with Gasteiger partial charge in [0.1, 0.15) is 0 Å². The smallest absolute Gasteiger partial charge is 0.237 e. The minimum Gasteiger partial charge on any atom is -0.237 e. The van der Waals surface area contributed by atoms with Crippen LogP contribution in [0.2, 0.25) is 0 Å². The summed E-state index contributed by atoms with van der Waals surface area (Å²) in [6.07, 6.45) is 0. The van der Waals surface area contributed by atoms with Crippen LogP contribution >= 0.6 is 8.03 Å². The Bertz CT molecular complexity index is 98.4. The van der Waals surface area contributed by atoms with Crippen molar-refractivity contribution in [2.24, 2.45) is 0 Å². The first-order chi connectivity index (χ1) is 3.18. The molecule has 0 aliphatic carbocycles. The summed E-state index contributed by atoms with van der Waals surface area (Å²) in [5, 5.41) is 0. The highest BCUT2D eigenvalue weighted by Crippen LogP contribution is 2.19. The quantitative estimate of drug-likeness (QED) is 0.510. The summed E-state index contributed by atoms with van der Waals surface area (Å²) in [5.74, 6) is 0. The first-order valence-electron chi connectivity index (χ1n) is 1.70. The van der Waals surface area contributed by atoms with Crippen molar-refractivity contribution in [2.45, 2.75) is 6.92 Å². The van der Waals surface area contributed by atoms with Crippen molar-refractivity contribution in [2.75, 3.05) is 7.11 Å². The molecule has 1 unspecified atom stereocenters. The Kier molecular flexibility index (Phi) is 2.72. The monoisotopic (exact) mass is 121 g/mol. The van der Waals surface area contributed by atoms with E-state index >= 15 is 0 Å². The van der Waals surface area contributed by atoms with Gasteiger partial charge in [-0.1, -0.05) is 0 Å². The highest BCUT2D eigenvalue weighted by Gasteiger charge is 2.21. The molecule has 1 atom stereocenters. The van der Waals surface area contributed by atoms with Crippen LogP contribution in [0.5, 0.6) is 0 Å². The van der Waals surface area contributed by atoms with Crippen molar-refractivity contribution in [1.29, 1.82) is 0 Å². The molecule has 0 radical (unpaired) electrons. The predicted molar refractivity (Wildman–Crippen MR) is 25.3 cm³/mol. The third kappa shape index (κ3) is 2.43. The maximum atomic E-state index is 10.1. The van der Waals surface area contributed by atoms with Crippen LogP contribution in [0.4, 0.5) is 0 Å². The van der Waals surface area contributed by atoms with Crippen LogP contribution in [0.25, 0.3) is 0 Å². The minimum absolute atomic E-state index is 0.419. The van der Waals surface area contributed by atoms with Gasteiger partial charge < -0.3 is 0 Å². The largest absolute Gasteiger partial charge is 0.586 e. The molecule has 0 fully saturated rings. The molecular weight excluding hydrogens is 115 g/mol. The molecule has 4 heteroatoms. The van der Waals surface area contributed by atoms with Crippen molar-refractivity contribution in [1.82, 2.24) is 0 Å². The van der Waals surface area contributed by atoms with Crippen molar-refractivity contribution < 1.29 is 13.9 Å². The van der Waals surface area contributed by atoms with Crippen molar-refractivity contribution in [3.05, 3.63) is 0 Å². The predicted octanol–water partition coefficient (Wildman–Crippen LogP) is 0.922. The molecule has 0 rings (SSSR count). The Morgan fingerprint density at radius 2 is 2.14 bits per heavy atom. The van der Waals surface area contributed by atoms with E-state index in [1.807, 2.05) is 0 Å². The standard InChI is InChI=1S/C3H6O3P/c1-3(4)7(5)6-2/h1-2H3/q+1. The molecule has 0 aliphatic rings. The van der Waals surface area contributed by atoms with Gasteiger partial charge in [-0.05, 0) is 4.57 Å². The maximum Gasteiger partial charge on any atom is 0.586 e. The lowest BCUT2D eigenvalue weighted by Gasteiger charge is -1.66. The van der Waals surface area contributed by atoms with Gasteiger partial charge in [-0.25, -0.2) is 4.79 Å². The fraction of sp³-hybridized carbons (Fsp3) is 0.667. The lowest BCUT2D eigenvalue weighted by atomic mass is 10.9. The van der Waals surface area contributed by atoms with E-state index in [-0.39, 0.29) is 0 Å². The van der Waals surface area contributed by atoms with E-state index in [1.165, 1.54) is 14.0 Å². The van der Waals surface area contributed by atoms with Crippen molar-refractivity contribution in [3.8, 4) is 0 Å². The van der Waals surface area contributed by atoms with E-state index in [2.05, 4.69) is 4.52 Å². The third-order valence-electron chi connectivity index (χ3n) is 0.423. The topological polar surface area (TPSA) is 43.4 Å². The number of hydrogen-bond acceptors (Lipinski definition) is 3. The molecule has 0 spiro atoms. The lowest BCUT2D eigenvalue weighted by molar-refractivity contribution is -0.110. The SMILES string of the molecule is CO[P+](=O)C(C)=O. The third-order valence-corrected chi connectivity index (χ3v) is 1.27. The van der Waals surface area contributed by atoms with Gasteiger partial charge in [-0.2, -0.15) is 0 Å². The summed E-state index contributed by atoms with van der Waals surface area (Å²) in [4.78, 5) is 9.97.